The lowest BCUT2D eigenvalue weighted by Crippen LogP contribution is -2.40. The summed E-state index contributed by atoms with van der Waals surface area (Å²) >= 11 is 0. The molecule has 5 rings (SSSR count). The van der Waals surface area contributed by atoms with Gasteiger partial charge in [0.25, 0.3) is 6.43 Å². The molecule has 3 aromatic rings. The summed E-state index contributed by atoms with van der Waals surface area (Å²) in [5.41, 5.74) is 7.24. The van der Waals surface area contributed by atoms with Gasteiger partial charge in [0.15, 0.2) is 0 Å². The minimum atomic E-state index is -2.68. The van der Waals surface area contributed by atoms with E-state index < -0.39 is 12.4 Å². The summed E-state index contributed by atoms with van der Waals surface area (Å²) < 4.78 is 46.3. The monoisotopic (exact) mass is 547 g/mol. The number of ether oxygens (including phenoxy) is 1. The van der Waals surface area contributed by atoms with Crippen molar-refractivity contribution in [3.8, 4) is 5.75 Å². The molecule has 2 aliphatic rings. The molecule has 0 aromatic heterocycles. The second-order valence-electron chi connectivity index (χ2n) is 10.3. The minimum Gasteiger partial charge on any atom is -0.497 e. The first-order valence-corrected chi connectivity index (χ1v) is 13.5. The third-order valence-electron chi connectivity index (χ3n) is 7.65. The molecule has 0 bridgehead atoms. The van der Waals surface area contributed by atoms with Gasteiger partial charge in [-0.25, -0.2) is 13.6 Å². The maximum absolute atomic E-state index is 14.3. The van der Waals surface area contributed by atoms with Crippen molar-refractivity contribution in [2.45, 2.75) is 32.1 Å². The largest absolute Gasteiger partial charge is 0.497 e. The topological polar surface area (TPSA) is 49.8 Å². The van der Waals surface area contributed by atoms with Crippen LogP contribution in [-0.2, 0) is 6.42 Å². The third-order valence-corrected chi connectivity index (χ3v) is 7.65. The number of likely N-dealkylation sites (tertiary alicyclic amines) is 1. The summed E-state index contributed by atoms with van der Waals surface area (Å²) in [5, 5.41) is 9.57. The Hall–Kier alpha value is -3.84. The summed E-state index contributed by atoms with van der Waals surface area (Å²) in [6.45, 7) is 2.14. The van der Waals surface area contributed by atoms with Gasteiger partial charge in [0, 0.05) is 25.2 Å². The Morgan fingerprint density at radius 2 is 1.77 bits per heavy atom. The van der Waals surface area contributed by atoms with Crippen molar-refractivity contribution in [1.29, 1.82) is 0 Å². The van der Waals surface area contributed by atoms with Gasteiger partial charge in [0.1, 0.15) is 5.75 Å². The number of rotatable bonds is 9. The van der Waals surface area contributed by atoms with Crippen molar-refractivity contribution < 1.29 is 27.8 Å². The molecule has 0 saturated carbocycles. The fraction of sp³-hybridized carbons (Fsp3) is 0.303. The number of fused-ring (bicyclic) bond motifs is 1. The highest BCUT2D eigenvalue weighted by Crippen LogP contribution is 2.43. The molecule has 0 radical (unpaired) electrons. The van der Waals surface area contributed by atoms with Gasteiger partial charge < -0.3 is 9.84 Å². The molecule has 1 saturated heterocycles. The lowest BCUT2D eigenvalue weighted by Gasteiger charge is -2.33. The molecular formula is C33H32F3NO3. The minimum absolute atomic E-state index is 0.0823. The highest BCUT2D eigenvalue weighted by molar-refractivity contribution is 6.01. The summed E-state index contributed by atoms with van der Waals surface area (Å²) in [6, 6.07) is 18.0. The molecule has 1 fully saturated rings. The van der Waals surface area contributed by atoms with E-state index in [2.05, 4.69) is 11.0 Å². The predicted octanol–water partition coefficient (Wildman–Crippen LogP) is 7.69. The van der Waals surface area contributed by atoms with E-state index in [-0.39, 0.29) is 17.8 Å². The van der Waals surface area contributed by atoms with E-state index in [9.17, 15) is 23.1 Å². The van der Waals surface area contributed by atoms with Crippen LogP contribution in [0.25, 0.3) is 17.2 Å². The molecule has 208 valence electrons. The maximum Gasteiger partial charge on any atom is 0.335 e. The van der Waals surface area contributed by atoms with Crippen LogP contribution < -0.4 is 4.74 Å². The zero-order chi connectivity index (χ0) is 28.2. The molecule has 1 heterocycles. The van der Waals surface area contributed by atoms with Crippen LogP contribution in [-0.4, -0.2) is 49.4 Å². The van der Waals surface area contributed by atoms with Gasteiger partial charge in [0.05, 0.1) is 19.3 Å². The van der Waals surface area contributed by atoms with Crippen LogP contribution in [0.1, 0.15) is 69.4 Å². The number of halogens is 3. The number of aromatic carboxylic acids is 1. The average molecular weight is 548 g/mol. The Labute approximate surface area is 232 Å². The molecule has 1 N–H and O–H groups in total. The van der Waals surface area contributed by atoms with E-state index in [1.165, 1.54) is 18.7 Å². The molecule has 0 atom stereocenters. The van der Waals surface area contributed by atoms with E-state index in [4.69, 9.17) is 4.74 Å². The molecule has 3 aromatic carbocycles. The van der Waals surface area contributed by atoms with Gasteiger partial charge in [-0.3, -0.25) is 9.29 Å². The highest BCUT2D eigenvalue weighted by atomic mass is 19.3. The molecular weight excluding hydrogens is 515 g/mol. The Kier molecular flexibility index (Phi) is 8.40. The van der Waals surface area contributed by atoms with Crippen LogP contribution in [0.2, 0.25) is 0 Å². The summed E-state index contributed by atoms with van der Waals surface area (Å²) in [4.78, 5) is 13.9. The number of carbonyl (C=O) groups is 1. The number of allylic oxidation sites excluding steroid dienone is 1. The van der Waals surface area contributed by atoms with Crippen LogP contribution >= 0.6 is 0 Å². The molecule has 1 aliphatic carbocycles. The molecule has 4 nitrogen and oxygen atoms in total. The summed E-state index contributed by atoms with van der Waals surface area (Å²) in [6.07, 6.45) is 1.93. The van der Waals surface area contributed by atoms with Crippen molar-refractivity contribution in [1.82, 2.24) is 4.90 Å². The smallest absolute Gasteiger partial charge is 0.335 e. The van der Waals surface area contributed by atoms with Gasteiger partial charge in [-0.2, -0.15) is 0 Å². The lowest BCUT2D eigenvalue weighted by molar-refractivity contribution is 0.0696. The number of alkyl halides is 3. The van der Waals surface area contributed by atoms with Crippen LogP contribution in [0.3, 0.4) is 0 Å². The Morgan fingerprint density at radius 3 is 2.45 bits per heavy atom. The van der Waals surface area contributed by atoms with Crippen molar-refractivity contribution in [3.05, 3.63) is 105 Å². The van der Waals surface area contributed by atoms with Crippen LogP contribution in [0.15, 0.2) is 66.2 Å². The second-order valence-corrected chi connectivity index (χ2v) is 10.3. The predicted molar refractivity (Wildman–Crippen MR) is 152 cm³/mol. The molecule has 0 unspecified atom stereocenters. The van der Waals surface area contributed by atoms with Crippen molar-refractivity contribution in [2.75, 3.05) is 33.4 Å². The standard InChI is InChI=1S/C33H32F3NO3/c1-40-26-11-13-28(30(18-26)32(35)36)29-5-2-4-24-17-25(33(38)39)10-12-27(24)31(29)23-8-6-21(7-9-23)16-22-19-37(20-22)15-3-14-34/h6-13,16-18,32H,2-5,14-15,19-20H2,1H3,(H,38,39). The normalized spacial score (nSPS) is 15.5. The van der Waals surface area contributed by atoms with E-state index in [1.807, 2.05) is 24.3 Å². The fourth-order valence-corrected chi connectivity index (χ4v) is 5.69. The number of carboxylic acids is 1. The van der Waals surface area contributed by atoms with E-state index in [0.717, 1.165) is 53.0 Å². The molecule has 7 heteroatoms. The zero-order valence-electron chi connectivity index (χ0n) is 22.4. The highest BCUT2D eigenvalue weighted by Gasteiger charge is 2.25. The van der Waals surface area contributed by atoms with Gasteiger partial charge in [0.2, 0.25) is 0 Å². The van der Waals surface area contributed by atoms with Crippen molar-refractivity contribution in [2.24, 2.45) is 0 Å². The number of aryl methyl sites for hydroxylation is 1. The Morgan fingerprint density at radius 1 is 1.02 bits per heavy atom. The first-order chi connectivity index (χ1) is 19.4. The van der Waals surface area contributed by atoms with Crippen molar-refractivity contribution >= 4 is 23.2 Å². The fourth-order valence-electron chi connectivity index (χ4n) is 5.69. The Balaban J connectivity index is 1.59. The molecule has 40 heavy (non-hydrogen) atoms. The number of carboxylic acid groups (broad SMARTS) is 1. The molecule has 1 aliphatic heterocycles. The molecule has 0 spiro atoms. The Bertz CT molecular complexity index is 1450. The van der Waals surface area contributed by atoms with E-state index in [0.29, 0.717) is 37.0 Å². The SMILES string of the molecule is COc1ccc(C2=C(c3ccc(C=C4CN(CCCF)C4)cc3)c3ccc(C(=O)O)cc3CCC2)c(C(F)F)c1. The van der Waals surface area contributed by atoms with E-state index >= 15 is 0 Å². The number of methoxy groups -OCH3 is 1. The summed E-state index contributed by atoms with van der Waals surface area (Å²) in [5.74, 6) is -0.623. The van der Waals surface area contributed by atoms with Crippen LogP contribution in [0.5, 0.6) is 5.75 Å². The quantitative estimate of drug-likeness (QED) is 0.299. The zero-order valence-corrected chi connectivity index (χ0v) is 22.4. The average Bonchev–Trinajstić information content (AvgIpc) is 3.13. The van der Waals surface area contributed by atoms with Gasteiger partial charge in [-0.05, 0) is 94.5 Å². The first-order valence-electron chi connectivity index (χ1n) is 13.5. The van der Waals surface area contributed by atoms with E-state index in [1.54, 1.807) is 30.3 Å². The second kappa shape index (κ2) is 12.1. The van der Waals surface area contributed by atoms with Crippen molar-refractivity contribution in [3.63, 3.8) is 0 Å². The van der Waals surface area contributed by atoms with Gasteiger partial charge in [-0.1, -0.05) is 42.5 Å². The molecule has 0 amide bonds. The lowest BCUT2D eigenvalue weighted by atomic mass is 9.85. The summed E-state index contributed by atoms with van der Waals surface area (Å²) in [7, 11) is 1.46. The van der Waals surface area contributed by atoms with Crippen LogP contribution in [0.4, 0.5) is 13.2 Å². The third kappa shape index (κ3) is 5.85. The number of hydrogen-bond acceptors (Lipinski definition) is 3. The van der Waals surface area contributed by atoms with Gasteiger partial charge >= 0.3 is 5.97 Å². The first kappa shape index (κ1) is 27.7. The number of nitrogens with zero attached hydrogens (tertiary/aromatic N) is 1. The van der Waals surface area contributed by atoms with Crippen LogP contribution in [0, 0.1) is 0 Å². The number of benzene rings is 3. The van der Waals surface area contributed by atoms with Gasteiger partial charge in [-0.15, -0.1) is 0 Å². The number of hydrogen-bond donors (Lipinski definition) is 1. The maximum atomic E-state index is 14.3.